The quantitative estimate of drug-likeness (QED) is 0.535. The third-order valence-electron chi connectivity index (χ3n) is 1.45. The van der Waals surface area contributed by atoms with Gasteiger partial charge < -0.3 is 11.1 Å². The molecule has 76 valence electrons. The van der Waals surface area contributed by atoms with Crippen LogP contribution in [-0.2, 0) is 0 Å². The van der Waals surface area contributed by atoms with Crippen LogP contribution in [0.25, 0.3) is 0 Å². The standard InChI is InChI=1S/C7H12N6O/c1-3(2)10-5-4(13-9)6(14)12-7(8)11-5/h3,9H,1-2H3,(H4,8,10,11,12,14). The van der Waals surface area contributed by atoms with Crippen molar-refractivity contribution < 1.29 is 0 Å². The largest absolute Gasteiger partial charge is 0.369 e. The maximum atomic E-state index is 11.2. The molecule has 0 saturated carbocycles. The van der Waals surface area contributed by atoms with Crippen molar-refractivity contribution in [2.24, 2.45) is 5.11 Å². The van der Waals surface area contributed by atoms with Crippen LogP contribution in [0.2, 0.25) is 0 Å². The summed E-state index contributed by atoms with van der Waals surface area (Å²) in [6.07, 6.45) is 0. The van der Waals surface area contributed by atoms with Crippen LogP contribution in [0.4, 0.5) is 17.5 Å². The van der Waals surface area contributed by atoms with Crippen molar-refractivity contribution in [3.8, 4) is 0 Å². The lowest BCUT2D eigenvalue weighted by Gasteiger charge is -2.10. The normalized spacial score (nSPS) is 10.2. The summed E-state index contributed by atoms with van der Waals surface area (Å²) >= 11 is 0. The van der Waals surface area contributed by atoms with E-state index in [-0.39, 0.29) is 23.5 Å². The van der Waals surface area contributed by atoms with E-state index in [0.717, 1.165) is 0 Å². The molecule has 5 N–H and O–H groups in total. The topological polar surface area (TPSA) is 120 Å². The third kappa shape index (κ3) is 2.06. The summed E-state index contributed by atoms with van der Waals surface area (Å²) in [7, 11) is 0. The lowest BCUT2D eigenvalue weighted by atomic mass is 10.3. The van der Waals surface area contributed by atoms with Crippen LogP contribution >= 0.6 is 0 Å². The van der Waals surface area contributed by atoms with Gasteiger partial charge in [-0.25, -0.2) is 5.53 Å². The van der Waals surface area contributed by atoms with Gasteiger partial charge in [0.15, 0.2) is 11.5 Å². The number of nitrogens with two attached hydrogens (primary N) is 1. The summed E-state index contributed by atoms with van der Waals surface area (Å²) in [6, 6.07) is 0.0872. The fourth-order valence-electron chi connectivity index (χ4n) is 0.962. The van der Waals surface area contributed by atoms with Gasteiger partial charge >= 0.3 is 0 Å². The Labute approximate surface area is 80.3 Å². The van der Waals surface area contributed by atoms with Gasteiger partial charge in [-0.05, 0) is 13.8 Å². The van der Waals surface area contributed by atoms with Crippen LogP contribution in [0.3, 0.4) is 0 Å². The maximum absolute atomic E-state index is 11.2. The smallest absolute Gasteiger partial charge is 0.282 e. The van der Waals surface area contributed by atoms with Crippen molar-refractivity contribution in [3.63, 3.8) is 0 Å². The zero-order valence-corrected chi connectivity index (χ0v) is 7.96. The summed E-state index contributed by atoms with van der Waals surface area (Å²) in [5.74, 6) is 0.238. The molecule has 7 nitrogen and oxygen atoms in total. The van der Waals surface area contributed by atoms with Gasteiger partial charge in [-0.15, -0.1) is 5.11 Å². The summed E-state index contributed by atoms with van der Waals surface area (Å²) in [6.45, 7) is 3.76. The number of aromatic amines is 1. The maximum Gasteiger partial charge on any atom is 0.282 e. The van der Waals surface area contributed by atoms with Crippen molar-refractivity contribution >= 4 is 17.5 Å². The molecule has 0 spiro atoms. The van der Waals surface area contributed by atoms with Crippen LogP contribution in [-0.4, -0.2) is 16.0 Å². The second-order valence-corrected chi connectivity index (χ2v) is 3.06. The molecule has 7 heteroatoms. The van der Waals surface area contributed by atoms with Crippen molar-refractivity contribution in [3.05, 3.63) is 10.4 Å². The molecule has 0 aliphatic rings. The average Bonchev–Trinajstić information content (AvgIpc) is 2.01. The highest BCUT2D eigenvalue weighted by atomic mass is 16.1. The first-order valence-electron chi connectivity index (χ1n) is 4.08. The summed E-state index contributed by atoms with van der Waals surface area (Å²) < 4.78 is 0. The number of nitrogen functional groups attached to an aromatic ring is 1. The number of nitrogens with zero attached hydrogens (tertiary/aromatic N) is 2. The summed E-state index contributed by atoms with van der Waals surface area (Å²) in [5.41, 5.74) is 11.6. The molecular formula is C7H12N6O. The molecule has 0 saturated heterocycles. The van der Waals surface area contributed by atoms with E-state index in [1.54, 1.807) is 0 Å². The van der Waals surface area contributed by atoms with Crippen molar-refractivity contribution in [2.75, 3.05) is 11.1 Å². The molecule has 0 aliphatic heterocycles. The van der Waals surface area contributed by atoms with E-state index in [0.29, 0.717) is 0 Å². The molecule has 1 aromatic heterocycles. The van der Waals surface area contributed by atoms with E-state index >= 15 is 0 Å². The van der Waals surface area contributed by atoms with E-state index in [9.17, 15) is 4.79 Å². The summed E-state index contributed by atoms with van der Waals surface area (Å²) in [5, 5.41) is 5.97. The van der Waals surface area contributed by atoms with Gasteiger partial charge in [-0.3, -0.25) is 9.78 Å². The van der Waals surface area contributed by atoms with E-state index in [2.05, 4.69) is 20.4 Å². The van der Waals surface area contributed by atoms with Crippen LogP contribution in [0.5, 0.6) is 0 Å². The first kappa shape index (κ1) is 10.2. The van der Waals surface area contributed by atoms with Crippen molar-refractivity contribution in [1.29, 1.82) is 5.53 Å². The zero-order chi connectivity index (χ0) is 10.7. The van der Waals surface area contributed by atoms with Gasteiger partial charge in [0, 0.05) is 6.04 Å². The Hall–Kier alpha value is -1.92. The Bertz CT molecular complexity index is 396. The van der Waals surface area contributed by atoms with Gasteiger partial charge in [0.1, 0.15) is 0 Å². The Morgan fingerprint density at radius 1 is 1.64 bits per heavy atom. The number of hydrogen-bond acceptors (Lipinski definition) is 6. The van der Waals surface area contributed by atoms with E-state index in [1.807, 2.05) is 13.8 Å². The number of aromatic nitrogens is 2. The first-order valence-corrected chi connectivity index (χ1v) is 4.08. The Balaban J connectivity index is 3.25. The predicted molar refractivity (Wildman–Crippen MR) is 52.8 cm³/mol. The molecule has 0 bridgehead atoms. The minimum Gasteiger partial charge on any atom is -0.369 e. The summed E-state index contributed by atoms with van der Waals surface area (Å²) in [4.78, 5) is 17.3. The van der Waals surface area contributed by atoms with E-state index in [4.69, 9.17) is 11.3 Å². The number of H-pyrrole nitrogens is 1. The predicted octanol–water partition coefficient (Wildman–Crippen LogP) is 0.835. The molecule has 0 unspecified atom stereocenters. The Kier molecular flexibility index (Phi) is 2.80. The fourth-order valence-corrected chi connectivity index (χ4v) is 0.962. The first-order chi connectivity index (χ1) is 6.54. The molecule has 0 fully saturated rings. The average molecular weight is 196 g/mol. The van der Waals surface area contributed by atoms with Crippen molar-refractivity contribution in [1.82, 2.24) is 9.97 Å². The number of hydrogen-bond donors (Lipinski definition) is 4. The molecular weight excluding hydrogens is 184 g/mol. The lowest BCUT2D eigenvalue weighted by Crippen LogP contribution is -2.17. The third-order valence-corrected chi connectivity index (χ3v) is 1.45. The number of nitrogens with one attached hydrogen (secondary N) is 3. The van der Waals surface area contributed by atoms with Crippen LogP contribution in [0.1, 0.15) is 13.8 Å². The van der Waals surface area contributed by atoms with Crippen molar-refractivity contribution in [2.45, 2.75) is 19.9 Å². The molecule has 0 atom stereocenters. The molecule has 0 aromatic carbocycles. The van der Waals surface area contributed by atoms with Crippen LogP contribution < -0.4 is 16.6 Å². The van der Waals surface area contributed by atoms with Gasteiger partial charge in [-0.1, -0.05) is 0 Å². The Morgan fingerprint density at radius 2 is 2.29 bits per heavy atom. The minimum absolute atomic E-state index is 0.00514. The van der Waals surface area contributed by atoms with Gasteiger partial charge in [-0.2, -0.15) is 4.98 Å². The van der Waals surface area contributed by atoms with Crippen LogP contribution in [0.15, 0.2) is 9.91 Å². The molecule has 0 radical (unpaired) electrons. The highest BCUT2D eigenvalue weighted by Crippen LogP contribution is 2.17. The number of anilines is 2. The van der Waals surface area contributed by atoms with Gasteiger partial charge in [0.05, 0.1) is 0 Å². The van der Waals surface area contributed by atoms with E-state index < -0.39 is 5.56 Å². The number of rotatable bonds is 3. The molecule has 1 heterocycles. The minimum atomic E-state index is -0.518. The van der Waals surface area contributed by atoms with Crippen LogP contribution in [0, 0.1) is 5.53 Å². The van der Waals surface area contributed by atoms with E-state index in [1.165, 1.54) is 0 Å². The second-order valence-electron chi connectivity index (χ2n) is 3.06. The highest BCUT2D eigenvalue weighted by Gasteiger charge is 2.10. The molecule has 14 heavy (non-hydrogen) atoms. The highest BCUT2D eigenvalue weighted by molar-refractivity contribution is 5.60. The molecule has 0 amide bonds. The zero-order valence-electron chi connectivity index (χ0n) is 7.96. The van der Waals surface area contributed by atoms with Gasteiger partial charge in [0.25, 0.3) is 5.56 Å². The molecule has 0 aliphatic carbocycles. The Morgan fingerprint density at radius 3 is 2.79 bits per heavy atom. The second kappa shape index (κ2) is 3.86. The lowest BCUT2D eigenvalue weighted by molar-refractivity contribution is 0.883. The fraction of sp³-hybridized carbons (Fsp3) is 0.429. The SMILES string of the molecule is CC(C)Nc1nc(N)[nH]c(=O)c1N=N. The molecule has 1 rings (SSSR count). The molecule has 1 aromatic rings. The monoisotopic (exact) mass is 196 g/mol. The van der Waals surface area contributed by atoms with Gasteiger partial charge in [0.2, 0.25) is 5.95 Å².